The molecule has 0 unspecified atom stereocenters. The van der Waals surface area contributed by atoms with Gasteiger partial charge in [0.15, 0.2) is 23.0 Å². The molecule has 1 N–H and O–H groups in total. The number of amides is 1. The van der Waals surface area contributed by atoms with Gasteiger partial charge >= 0.3 is 0 Å². The van der Waals surface area contributed by atoms with Crippen LogP contribution in [0.4, 0.5) is 0 Å². The molecule has 0 heterocycles. The van der Waals surface area contributed by atoms with Crippen LogP contribution in [0.1, 0.15) is 42.3 Å². The Morgan fingerprint density at radius 3 is 2.17 bits per heavy atom. The fourth-order valence-electron chi connectivity index (χ4n) is 3.19. The zero-order valence-electron chi connectivity index (χ0n) is 20.0. The van der Waals surface area contributed by atoms with Crippen LogP contribution in [0.15, 0.2) is 65.8 Å². The number of rotatable bonds is 12. The second-order valence-electron chi connectivity index (χ2n) is 7.25. The summed E-state index contributed by atoms with van der Waals surface area (Å²) in [6, 6.07) is 17.9. The first kappa shape index (κ1) is 25.9. The van der Waals surface area contributed by atoms with Crippen LogP contribution in [0.2, 0.25) is 5.02 Å². The molecule has 3 aromatic rings. The highest BCUT2D eigenvalue weighted by Crippen LogP contribution is 2.30. The molecule has 35 heavy (non-hydrogen) atoms. The number of carbonyl (C=O) groups excluding carboxylic acids is 1. The average Bonchev–Trinajstić information content (AvgIpc) is 2.86. The molecule has 0 spiro atoms. The lowest BCUT2D eigenvalue weighted by Gasteiger charge is -2.13. The predicted molar refractivity (Wildman–Crippen MR) is 137 cm³/mol. The molecule has 0 atom stereocenters. The summed E-state index contributed by atoms with van der Waals surface area (Å²) in [4.78, 5) is 12.6. The summed E-state index contributed by atoms with van der Waals surface area (Å²) in [5, 5.41) is 4.72. The van der Waals surface area contributed by atoms with E-state index in [4.69, 9.17) is 30.5 Å². The van der Waals surface area contributed by atoms with E-state index in [0.717, 1.165) is 11.1 Å². The summed E-state index contributed by atoms with van der Waals surface area (Å²) >= 11 is 6.21. The Bertz CT molecular complexity index is 1170. The van der Waals surface area contributed by atoms with E-state index >= 15 is 0 Å². The summed E-state index contributed by atoms with van der Waals surface area (Å²) < 4.78 is 22.8. The maximum atomic E-state index is 12.6. The number of halogens is 1. The van der Waals surface area contributed by atoms with Gasteiger partial charge in [-0.1, -0.05) is 29.8 Å². The van der Waals surface area contributed by atoms with Crippen LogP contribution in [0.3, 0.4) is 0 Å². The number of nitrogens with one attached hydrogen (secondary N) is 1. The summed E-state index contributed by atoms with van der Waals surface area (Å²) in [6.45, 7) is 7.41. The Morgan fingerprint density at radius 2 is 1.46 bits per heavy atom. The van der Waals surface area contributed by atoms with Gasteiger partial charge in [0.2, 0.25) is 0 Å². The fraction of sp³-hybridized carbons (Fsp3) is 0.259. The van der Waals surface area contributed by atoms with Gasteiger partial charge in [-0.25, -0.2) is 5.43 Å². The zero-order valence-corrected chi connectivity index (χ0v) is 20.8. The minimum absolute atomic E-state index is 0.315. The normalized spacial score (nSPS) is 10.7. The highest BCUT2D eigenvalue weighted by molar-refractivity contribution is 6.31. The lowest BCUT2D eigenvalue weighted by molar-refractivity contribution is 0.0954. The maximum Gasteiger partial charge on any atom is 0.271 e. The van der Waals surface area contributed by atoms with Gasteiger partial charge in [0.25, 0.3) is 5.91 Å². The molecule has 3 aromatic carbocycles. The first-order valence-electron chi connectivity index (χ1n) is 11.4. The third kappa shape index (κ3) is 7.39. The Balaban J connectivity index is 1.67. The van der Waals surface area contributed by atoms with Gasteiger partial charge in [-0.3, -0.25) is 4.79 Å². The van der Waals surface area contributed by atoms with Gasteiger partial charge in [-0.2, -0.15) is 5.10 Å². The van der Waals surface area contributed by atoms with Gasteiger partial charge in [0, 0.05) is 16.1 Å². The maximum absolute atomic E-state index is 12.6. The van der Waals surface area contributed by atoms with Crippen molar-refractivity contribution in [1.29, 1.82) is 0 Å². The second kappa shape index (κ2) is 13.2. The molecule has 0 aromatic heterocycles. The molecule has 0 fully saturated rings. The predicted octanol–water partition coefficient (Wildman–Crippen LogP) is 5.88. The highest BCUT2D eigenvalue weighted by Gasteiger charge is 2.12. The molecular weight excluding hydrogens is 468 g/mol. The van der Waals surface area contributed by atoms with Crippen molar-refractivity contribution in [2.45, 2.75) is 27.4 Å². The van der Waals surface area contributed by atoms with E-state index in [2.05, 4.69) is 10.5 Å². The summed E-state index contributed by atoms with van der Waals surface area (Å²) in [5.74, 6) is 1.90. The number of carbonyl (C=O) groups is 1. The summed E-state index contributed by atoms with van der Waals surface area (Å²) in [5.41, 5.74) is 4.56. The quantitative estimate of drug-likeness (QED) is 0.250. The largest absolute Gasteiger partial charge is 0.490 e. The minimum Gasteiger partial charge on any atom is -0.490 e. The van der Waals surface area contributed by atoms with Crippen molar-refractivity contribution in [2.75, 3.05) is 19.8 Å². The van der Waals surface area contributed by atoms with Crippen molar-refractivity contribution < 1.29 is 23.7 Å². The van der Waals surface area contributed by atoms with Crippen molar-refractivity contribution in [3.63, 3.8) is 0 Å². The van der Waals surface area contributed by atoms with Crippen LogP contribution < -0.4 is 24.4 Å². The first-order valence-corrected chi connectivity index (χ1v) is 11.8. The molecule has 8 heteroatoms. The molecule has 0 radical (unpaired) electrons. The second-order valence-corrected chi connectivity index (χ2v) is 7.65. The van der Waals surface area contributed by atoms with Gasteiger partial charge in [-0.05, 0) is 68.8 Å². The molecule has 0 aliphatic carbocycles. The molecular formula is C27H29ClN2O5. The van der Waals surface area contributed by atoms with E-state index in [1.807, 2.05) is 51.1 Å². The van der Waals surface area contributed by atoms with Gasteiger partial charge in [0.1, 0.15) is 6.61 Å². The molecule has 0 saturated heterocycles. The van der Waals surface area contributed by atoms with Gasteiger partial charge in [0.05, 0.1) is 26.0 Å². The Hall–Kier alpha value is -3.71. The van der Waals surface area contributed by atoms with Crippen molar-refractivity contribution in [3.8, 4) is 23.0 Å². The van der Waals surface area contributed by atoms with E-state index in [0.29, 0.717) is 60.0 Å². The van der Waals surface area contributed by atoms with E-state index < -0.39 is 0 Å². The highest BCUT2D eigenvalue weighted by atomic mass is 35.5. The molecule has 184 valence electrons. The number of nitrogens with zero attached hydrogens (tertiary/aromatic N) is 1. The van der Waals surface area contributed by atoms with E-state index in [1.165, 1.54) is 6.21 Å². The van der Waals surface area contributed by atoms with Crippen LogP contribution >= 0.6 is 11.6 Å². The van der Waals surface area contributed by atoms with Crippen LogP contribution in [0.5, 0.6) is 23.0 Å². The van der Waals surface area contributed by atoms with E-state index in [9.17, 15) is 4.79 Å². The van der Waals surface area contributed by atoms with Gasteiger partial charge < -0.3 is 18.9 Å². The van der Waals surface area contributed by atoms with Crippen LogP contribution in [-0.2, 0) is 6.61 Å². The monoisotopic (exact) mass is 496 g/mol. The lowest BCUT2D eigenvalue weighted by atomic mass is 10.2. The molecule has 0 aliphatic rings. The third-order valence-corrected chi connectivity index (χ3v) is 5.16. The zero-order chi connectivity index (χ0) is 25.0. The van der Waals surface area contributed by atoms with Crippen molar-refractivity contribution in [1.82, 2.24) is 5.43 Å². The van der Waals surface area contributed by atoms with Crippen molar-refractivity contribution in [2.24, 2.45) is 5.10 Å². The summed E-state index contributed by atoms with van der Waals surface area (Å²) in [6.07, 6.45) is 1.54. The number of hydrazone groups is 1. The van der Waals surface area contributed by atoms with Crippen molar-refractivity contribution in [3.05, 3.63) is 82.4 Å². The van der Waals surface area contributed by atoms with E-state index in [1.54, 1.807) is 30.3 Å². The minimum atomic E-state index is -0.366. The van der Waals surface area contributed by atoms with Crippen LogP contribution in [0.25, 0.3) is 0 Å². The van der Waals surface area contributed by atoms with Crippen molar-refractivity contribution >= 4 is 23.7 Å². The Morgan fingerprint density at radius 1 is 0.829 bits per heavy atom. The molecule has 7 nitrogen and oxygen atoms in total. The molecule has 0 aliphatic heterocycles. The fourth-order valence-corrected chi connectivity index (χ4v) is 3.38. The third-order valence-electron chi connectivity index (χ3n) is 4.79. The molecule has 3 rings (SSSR count). The topological polar surface area (TPSA) is 78.4 Å². The standard InChI is InChI=1S/C27H29ClN2O5/c1-4-32-23-14-12-20(16-26(23)34-6-3)27(31)30-29-17-19-11-13-24(25(15-19)33-5-2)35-18-21-9-7-8-10-22(21)28/h7-17H,4-6,18H2,1-3H3,(H,30,31)/b29-17+. The number of benzene rings is 3. The number of hydrogen-bond acceptors (Lipinski definition) is 6. The first-order chi connectivity index (χ1) is 17.0. The smallest absolute Gasteiger partial charge is 0.271 e. The van der Waals surface area contributed by atoms with Crippen LogP contribution in [-0.4, -0.2) is 31.9 Å². The molecule has 0 saturated carbocycles. The molecule has 0 bridgehead atoms. The number of ether oxygens (including phenoxy) is 4. The average molecular weight is 497 g/mol. The SMILES string of the molecule is CCOc1ccc(C(=O)N/N=C/c2ccc(OCc3ccccc3Cl)c(OCC)c2)cc1OCC. The Kier molecular flexibility index (Phi) is 9.80. The van der Waals surface area contributed by atoms with E-state index in [-0.39, 0.29) is 5.91 Å². The summed E-state index contributed by atoms with van der Waals surface area (Å²) in [7, 11) is 0. The lowest BCUT2D eigenvalue weighted by Crippen LogP contribution is -2.17. The van der Waals surface area contributed by atoms with Gasteiger partial charge in [-0.15, -0.1) is 0 Å². The number of hydrogen-bond donors (Lipinski definition) is 1. The van der Waals surface area contributed by atoms with Crippen LogP contribution in [0, 0.1) is 0 Å². The molecule has 1 amide bonds. The Labute approximate surface area is 210 Å².